The fraction of sp³-hybridized carbons (Fsp3) is 0.150. The van der Waals surface area contributed by atoms with Gasteiger partial charge in [0.2, 0.25) is 0 Å². The maximum atomic E-state index is 12.1. The molecule has 1 amide bonds. The summed E-state index contributed by atoms with van der Waals surface area (Å²) >= 11 is 0. The maximum absolute atomic E-state index is 12.1. The van der Waals surface area contributed by atoms with Gasteiger partial charge in [0.25, 0.3) is 0 Å². The lowest BCUT2D eigenvalue weighted by molar-refractivity contribution is -0.256. The Labute approximate surface area is 155 Å². The molecular formula is C20H16N3O4-. The van der Waals surface area contributed by atoms with E-state index in [0.29, 0.717) is 0 Å². The van der Waals surface area contributed by atoms with Crippen LogP contribution in [0.15, 0.2) is 54.7 Å². The van der Waals surface area contributed by atoms with Gasteiger partial charge in [0.05, 0.1) is 0 Å². The Hall–Kier alpha value is -3.61. The van der Waals surface area contributed by atoms with Gasteiger partial charge in [0, 0.05) is 19.2 Å². The summed E-state index contributed by atoms with van der Waals surface area (Å²) in [6.45, 7) is 0.167. The van der Waals surface area contributed by atoms with Crippen LogP contribution in [-0.2, 0) is 11.8 Å². The van der Waals surface area contributed by atoms with Crippen LogP contribution >= 0.6 is 0 Å². The minimum absolute atomic E-state index is 0.0503. The highest BCUT2D eigenvalue weighted by Gasteiger charge is 2.29. The summed E-state index contributed by atoms with van der Waals surface area (Å²) in [5.74, 6) is -1.65. The second-order valence-corrected chi connectivity index (χ2v) is 6.30. The van der Waals surface area contributed by atoms with Crippen molar-refractivity contribution in [2.24, 2.45) is 7.05 Å². The van der Waals surface area contributed by atoms with E-state index in [9.17, 15) is 14.7 Å². The Morgan fingerprint density at radius 1 is 1.11 bits per heavy atom. The second kappa shape index (κ2) is 6.60. The van der Waals surface area contributed by atoms with E-state index in [1.54, 1.807) is 0 Å². The van der Waals surface area contributed by atoms with Crippen molar-refractivity contribution < 1.29 is 19.4 Å². The van der Waals surface area contributed by atoms with Gasteiger partial charge < -0.3 is 19.2 Å². The van der Waals surface area contributed by atoms with Crippen LogP contribution in [0.2, 0.25) is 0 Å². The third-order valence-electron chi connectivity index (χ3n) is 4.63. The molecule has 2 aromatic carbocycles. The molecule has 3 aromatic rings. The van der Waals surface area contributed by atoms with E-state index >= 15 is 0 Å². The normalized spacial score (nSPS) is 12.3. The molecule has 7 nitrogen and oxygen atoms in total. The Balaban J connectivity index is 1.48. The van der Waals surface area contributed by atoms with Gasteiger partial charge in [0.1, 0.15) is 12.6 Å². The number of fused-ring (bicyclic) bond motifs is 3. The molecule has 4 rings (SSSR count). The summed E-state index contributed by atoms with van der Waals surface area (Å²) in [5.41, 5.74) is 4.52. The smallest absolute Gasteiger partial charge is 0.412 e. The maximum Gasteiger partial charge on any atom is 0.412 e. The van der Waals surface area contributed by atoms with Crippen molar-refractivity contribution in [3.05, 3.63) is 71.7 Å². The van der Waals surface area contributed by atoms with Gasteiger partial charge in [-0.3, -0.25) is 5.32 Å². The number of carbonyl (C=O) groups excluding carboxylic acids is 2. The van der Waals surface area contributed by atoms with Crippen LogP contribution < -0.4 is 10.4 Å². The van der Waals surface area contributed by atoms with Gasteiger partial charge in [-0.1, -0.05) is 48.5 Å². The SMILES string of the molecule is Cn1cc(NC(=O)OCC2c3ccccc3-c3ccccc32)nc1C(=O)[O-]. The molecule has 0 aliphatic heterocycles. The molecule has 1 N–H and O–H groups in total. The molecule has 1 aromatic heterocycles. The fourth-order valence-corrected chi connectivity index (χ4v) is 3.46. The fourth-order valence-electron chi connectivity index (χ4n) is 3.46. The topological polar surface area (TPSA) is 96.3 Å². The number of aryl methyl sites for hydroxylation is 1. The number of nitrogens with zero attached hydrogens (tertiary/aromatic N) is 2. The van der Waals surface area contributed by atoms with E-state index in [0.717, 1.165) is 22.3 Å². The van der Waals surface area contributed by atoms with E-state index in [1.807, 2.05) is 36.4 Å². The highest BCUT2D eigenvalue weighted by atomic mass is 16.5. The monoisotopic (exact) mass is 362 g/mol. The summed E-state index contributed by atoms with van der Waals surface area (Å²) in [4.78, 5) is 26.8. The van der Waals surface area contributed by atoms with Gasteiger partial charge in [-0.15, -0.1) is 0 Å². The van der Waals surface area contributed by atoms with Crippen molar-refractivity contribution in [3.8, 4) is 11.1 Å². The Morgan fingerprint density at radius 3 is 2.26 bits per heavy atom. The summed E-state index contributed by atoms with van der Waals surface area (Å²) in [7, 11) is 1.50. The zero-order valence-electron chi connectivity index (χ0n) is 14.5. The molecular weight excluding hydrogens is 346 g/mol. The van der Waals surface area contributed by atoms with Crippen LogP contribution in [-0.4, -0.2) is 28.2 Å². The van der Waals surface area contributed by atoms with E-state index in [1.165, 1.54) is 17.8 Å². The molecule has 0 spiro atoms. The molecule has 27 heavy (non-hydrogen) atoms. The van der Waals surface area contributed by atoms with Gasteiger partial charge in [-0.05, 0) is 22.3 Å². The second-order valence-electron chi connectivity index (χ2n) is 6.30. The average molecular weight is 362 g/mol. The molecule has 0 saturated carbocycles. The number of rotatable bonds is 4. The molecule has 1 aliphatic carbocycles. The van der Waals surface area contributed by atoms with Crippen molar-refractivity contribution >= 4 is 17.9 Å². The average Bonchev–Trinajstić information content (AvgIpc) is 3.18. The van der Waals surface area contributed by atoms with E-state index in [4.69, 9.17) is 4.74 Å². The van der Waals surface area contributed by atoms with Crippen molar-refractivity contribution in [1.29, 1.82) is 0 Å². The summed E-state index contributed by atoms with van der Waals surface area (Å²) in [5, 5.41) is 13.4. The lowest BCUT2D eigenvalue weighted by atomic mass is 9.98. The number of carbonyl (C=O) groups is 2. The zero-order chi connectivity index (χ0) is 19.0. The number of anilines is 1. The van der Waals surface area contributed by atoms with Gasteiger partial charge in [-0.25, -0.2) is 9.78 Å². The predicted molar refractivity (Wildman–Crippen MR) is 96.2 cm³/mol. The van der Waals surface area contributed by atoms with E-state index in [2.05, 4.69) is 22.4 Å². The molecule has 1 aliphatic rings. The van der Waals surface area contributed by atoms with Gasteiger partial charge >= 0.3 is 6.09 Å². The molecule has 7 heteroatoms. The number of hydrogen-bond donors (Lipinski definition) is 1. The summed E-state index contributed by atoms with van der Waals surface area (Å²) < 4.78 is 6.65. The third-order valence-corrected chi connectivity index (χ3v) is 4.63. The number of ether oxygens (including phenoxy) is 1. The van der Waals surface area contributed by atoms with Crippen LogP contribution in [0.25, 0.3) is 11.1 Å². The highest BCUT2D eigenvalue weighted by molar-refractivity contribution is 5.86. The predicted octanol–water partition coefficient (Wildman–Crippen LogP) is 2.14. The first kappa shape index (κ1) is 16.8. The van der Waals surface area contributed by atoms with Crippen molar-refractivity contribution in [1.82, 2.24) is 9.55 Å². The molecule has 0 bridgehead atoms. The molecule has 0 radical (unpaired) electrons. The van der Waals surface area contributed by atoms with Gasteiger partial charge in [-0.2, -0.15) is 0 Å². The number of nitrogens with one attached hydrogen (secondary N) is 1. The van der Waals surface area contributed by atoms with Crippen molar-refractivity contribution in [3.63, 3.8) is 0 Å². The van der Waals surface area contributed by atoms with E-state index in [-0.39, 0.29) is 24.2 Å². The first-order valence-electron chi connectivity index (χ1n) is 8.41. The number of amides is 1. The molecule has 0 saturated heterocycles. The lowest BCUT2D eigenvalue weighted by Crippen LogP contribution is -2.25. The summed E-state index contributed by atoms with van der Waals surface area (Å²) in [6.07, 6.45) is 0.687. The van der Waals surface area contributed by atoms with Crippen molar-refractivity contribution in [2.75, 3.05) is 11.9 Å². The van der Waals surface area contributed by atoms with E-state index < -0.39 is 12.1 Å². The first-order chi connectivity index (χ1) is 13.0. The standard InChI is InChI=1S/C20H17N3O4/c1-23-10-17(21-18(23)19(24)25)22-20(26)27-11-16-14-8-4-2-6-12(14)13-7-3-5-9-15(13)16/h2-10,16H,11H2,1H3,(H,22,26)(H,24,25)/p-1. The van der Waals surface area contributed by atoms with Crippen LogP contribution in [0.3, 0.4) is 0 Å². The lowest BCUT2D eigenvalue weighted by Gasteiger charge is -2.14. The Kier molecular flexibility index (Phi) is 4.12. The van der Waals surface area contributed by atoms with Crippen LogP contribution in [0.1, 0.15) is 27.7 Å². The zero-order valence-corrected chi connectivity index (χ0v) is 14.5. The molecule has 1 heterocycles. The van der Waals surface area contributed by atoms with Crippen LogP contribution in [0.5, 0.6) is 0 Å². The molecule has 0 fully saturated rings. The minimum Gasteiger partial charge on any atom is -0.542 e. The largest absolute Gasteiger partial charge is 0.542 e. The Morgan fingerprint density at radius 2 is 1.70 bits per heavy atom. The van der Waals surface area contributed by atoms with Crippen LogP contribution in [0.4, 0.5) is 10.6 Å². The Bertz CT molecular complexity index is 996. The minimum atomic E-state index is -1.42. The molecule has 136 valence electrons. The number of imidazole rings is 1. The number of carboxylic acid groups (broad SMARTS) is 1. The first-order valence-corrected chi connectivity index (χ1v) is 8.41. The molecule has 0 unspecified atom stereocenters. The number of hydrogen-bond acceptors (Lipinski definition) is 5. The van der Waals surface area contributed by atoms with Gasteiger partial charge in [0.15, 0.2) is 11.6 Å². The number of benzene rings is 2. The van der Waals surface area contributed by atoms with Crippen LogP contribution in [0, 0.1) is 0 Å². The number of carboxylic acids is 1. The third kappa shape index (κ3) is 3.03. The van der Waals surface area contributed by atoms with Crippen molar-refractivity contribution in [2.45, 2.75) is 5.92 Å². The molecule has 0 atom stereocenters. The quantitative estimate of drug-likeness (QED) is 0.767. The highest BCUT2D eigenvalue weighted by Crippen LogP contribution is 2.44. The number of aromatic nitrogens is 2. The summed E-state index contributed by atoms with van der Waals surface area (Å²) in [6, 6.07) is 16.1. The number of aromatic carboxylic acids is 1.